The summed E-state index contributed by atoms with van der Waals surface area (Å²) in [5.74, 6) is -8.78. The van der Waals surface area contributed by atoms with Gasteiger partial charge in [0.2, 0.25) is 6.10 Å². The molecular formula is C12H18O9S. The van der Waals surface area contributed by atoms with Crippen molar-refractivity contribution in [3.63, 3.8) is 0 Å². The molecule has 10 heteroatoms. The molecule has 0 aromatic carbocycles. The van der Waals surface area contributed by atoms with Crippen LogP contribution in [0.5, 0.6) is 0 Å². The van der Waals surface area contributed by atoms with Crippen LogP contribution in [-0.4, -0.2) is 67.5 Å². The maximum atomic E-state index is 11.8. The number of hydrogen-bond acceptors (Lipinski definition) is 7. The second kappa shape index (κ2) is 8.59. The van der Waals surface area contributed by atoms with Crippen molar-refractivity contribution in [2.24, 2.45) is 5.92 Å². The van der Waals surface area contributed by atoms with Gasteiger partial charge >= 0.3 is 23.9 Å². The van der Waals surface area contributed by atoms with Gasteiger partial charge in [-0.05, 0) is 19.1 Å². The Morgan fingerprint density at radius 3 is 2.05 bits per heavy atom. The average molecular weight is 338 g/mol. The van der Waals surface area contributed by atoms with Crippen molar-refractivity contribution in [2.45, 2.75) is 32.0 Å². The molecule has 0 saturated heterocycles. The Bertz CT molecular complexity index is 450. The summed E-state index contributed by atoms with van der Waals surface area (Å²) in [5.41, 5.74) is -3.37. The van der Waals surface area contributed by atoms with E-state index in [4.69, 9.17) is 15.3 Å². The SMILES string of the molecule is CCCSCC(OC(=O)C(O)(C(=O)O)C(C)C(=O)O)C(=O)O. The zero-order valence-electron chi connectivity index (χ0n) is 12.0. The van der Waals surface area contributed by atoms with E-state index in [1.807, 2.05) is 6.92 Å². The number of aliphatic hydroxyl groups is 1. The number of ether oxygens (including phenoxy) is 1. The molecule has 0 aromatic rings. The maximum Gasteiger partial charge on any atom is 0.351 e. The number of carbonyl (C=O) groups is 4. The van der Waals surface area contributed by atoms with E-state index in [0.29, 0.717) is 5.75 Å². The molecule has 0 heterocycles. The molecule has 3 atom stereocenters. The van der Waals surface area contributed by atoms with Crippen LogP contribution in [0.3, 0.4) is 0 Å². The number of carbonyl (C=O) groups excluding carboxylic acids is 1. The third-order valence-electron chi connectivity index (χ3n) is 2.78. The quantitative estimate of drug-likeness (QED) is 0.236. The zero-order chi connectivity index (χ0) is 17.5. The number of esters is 1. The lowest BCUT2D eigenvalue weighted by atomic mass is 9.89. The molecule has 22 heavy (non-hydrogen) atoms. The van der Waals surface area contributed by atoms with Gasteiger partial charge in [0.25, 0.3) is 5.60 Å². The van der Waals surface area contributed by atoms with Gasteiger partial charge in [-0.25, -0.2) is 14.4 Å². The Hall–Kier alpha value is -1.81. The van der Waals surface area contributed by atoms with Crippen LogP contribution in [0.4, 0.5) is 0 Å². The highest BCUT2D eigenvalue weighted by Crippen LogP contribution is 2.22. The Morgan fingerprint density at radius 1 is 1.14 bits per heavy atom. The molecular weight excluding hydrogens is 320 g/mol. The molecule has 0 spiro atoms. The minimum atomic E-state index is -3.37. The van der Waals surface area contributed by atoms with E-state index in [1.54, 1.807) is 0 Å². The van der Waals surface area contributed by atoms with Crippen LogP contribution in [0.15, 0.2) is 0 Å². The summed E-state index contributed by atoms with van der Waals surface area (Å²) in [4.78, 5) is 44.7. The minimum Gasteiger partial charge on any atom is -0.481 e. The second-order valence-electron chi connectivity index (χ2n) is 4.44. The van der Waals surface area contributed by atoms with Crippen LogP contribution >= 0.6 is 11.8 Å². The minimum absolute atomic E-state index is 0.147. The van der Waals surface area contributed by atoms with Crippen molar-refractivity contribution < 1.29 is 44.3 Å². The molecule has 0 aliphatic heterocycles. The van der Waals surface area contributed by atoms with Crippen molar-refractivity contribution in [2.75, 3.05) is 11.5 Å². The molecule has 0 aromatic heterocycles. The van der Waals surface area contributed by atoms with Gasteiger partial charge in [0, 0.05) is 5.75 Å². The normalized spacial score (nSPS) is 16.1. The molecule has 3 unspecified atom stereocenters. The number of rotatable bonds is 10. The van der Waals surface area contributed by atoms with Crippen LogP contribution in [0.25, 0.3) is 0 Å². The predicted octanol–water partition coefficient (Wildman–Crippen LogP) is -0.338. The fraction of sp³-hybridized carbons (Fsp3) is 0.667. The number of carboxylic acid groups (broad SMARTS) is 3. The lowest BCUT2D eigenvalue weighted by Gasteiger charge is -2.26. The summed E-state index contributed by atoms with van der Waals surface area (Å²) in [6, 6.07) is 0. The summed E-state index contributed by atoms with van der Waals surface area (Å²) >= 11 is 1.16. The van der Waals surface area contributed by atoms with Gasteiger partial charge in [0.1, 0.15) is 5.92 Å². The van der Waals surface area contributed by atoms with Crippen LogP contribution in [0.1, 0.15) is 20.3 Å². The highest BCUT2D eigenvalue weighted by Gasteiger charge is 2.55. The monoisotopic (exact) mass is 338 g/mol. The first-order valence-electron chi connectivity index (χ1n) is 6.29. The van der Waals surface area contributed by atoms with Crippen LogP contribution in [0, 0.1) is 5.92 Å². The van der Waals surface area contributed by atoms with Gasteiger partial charge in [-0.1, -0.05) is 6.92 Å². The zero-order valence-corrected chi connectivity index (χ0v) is 12.8. The topological polar surface area (TPSA) is 158 Å². The molecule has 0 amide bonds. The van der Waals surface area contributed by atoms with E-state index >= 15 is 0 Å². The smallest absolute Gasteiger partial charge is 0.351 e. The van der Waals surface area contributed by atoms with Gasteiger partial charge in [-0.3, -0.25) is 4.79 Å². The van der Waals surface area contributed by atoms with Gasteiger partial charge in [-0.15, -0.1) is 0 Å². The van der Waals surface area contributed by atoms with E-state index in [0.717, 1.165) is 25.1 Å². The number of thioether (sulfide) groups is 1. The fourth-order valence-electron chi connectivity index (χ4n) is 1.34. The van der Waals surface area contributed by atoms with E-state index in [2.05, 4.69) is 4.74 Å². The molecule has 0 rings (SSSR count). The Labute approximate surface area is 130 Å². The molecule has 4 N–H and O–H groups in total. The summed E-state index contributed by atoms with van der Waals surface area (Å²) in [5, 5.41) is 36.5. The molecule has 0 bridgehead atoms. The summed E-state index contributed by atoms with van der Waals surface area (Å²) in [6.45, 7) is 2.66. The van der Waals surface area contributed by atoms with E-state index < -0.39 is 41.5 Å². The molecule has 126 valence electrons. The molecule has 0 saturated carbocycles. The third-order valence-corrected chi connectivity index (χ3v) is 4.01. The van der Waals surface area contributed by atoms with E-state index in [9.17, 15) is 24.3 Å². The van der Waals surface area contributed by atoms with Crippen molar-refractivity contribution in [1.82, 2.24) is 0 Å². The van der Waals surface area contributed by atoms with Crippen molar-refractivity contribution in [3.8, 4) is 0 Å². The van der Waals surface area contributed by atoms with E-state index in [1.165, 1.54) is 0 Å². The van der Waals surface area contributed by atoms with Crippen LogP contribution in [-0.2, 0) is 23.9 Å². The van der Waals surface area contributed by atoms with Crippen LogP contribution < -0.4 is 0 Å². The van der Waals surface area contributed by atoms with Crippen molar-refractivity contribution in [3.05, 3.63) is 0 Å². The van der Waals surface area contributed by atoms with Gasteiger partial charge in [0.15, 0.2) is 0 Å². The van der Waals surface area contributed by atoms with Crippen molar-refractivity contribution in [1.29, 1.82) is 0 Å². The largest absolute Gasteiger partial charge is 0.481 e. The number of hydrogen-bond donors (Lipinski definition) is 4. The summed E-state index contributed by atoms with van der Waals surface area (Å²) in [6.07, 6.45) is -0.934. The summed E-state index contributed by atoms with van der Waals surface area (Å²) < 4.78 is 4.50. The molecule has 0 aliphatic rings. The molecule has 0 fully saturated rings. The number of aliphatic carboxylic acids is 3. The Kier molecular flexibility index (Phi) is 7.88. The summed E-state index contributed by atoms with van der Waals surface area (Å²) in [7, 11) is 0. The first-order chi connectivity index (χ1) is 10.1. The van der Waals surface area contributed by atoms with Crippen molar-refractivity contribution >= 4 is 35.6 Å². The first kappa shape index (κ1) is 20.2. The van der Waals surface area contributed by atoms with Gasteiger partial charge < -0.3 is 25.2 Å². The first-order valence-corrected chi connectivity index (χ1v) is 7.44. The van der Waals surface area contributed by atoms with Gasteiger partial charge in [0.05, 0.1) is 0 Å². The molecule has 9 nitrogen and oxygen atoms in total. The van der Waals surface area contributed by atoms with Gasteiger partial charge in [-0.2, -0.15) is 11.8 Å². The molecule has 0 radical (unpaired) electrons. The predicted molar refractivity (Wildman–Crippen MR) is 74.5 cm³/mol. The average Bonchev–Trinajstić information content (AvgIpc) is 2.43. The molecule has 0 aliphatic carbocycles. The standard InChI is InChI=1S/C12H18O9S/c1-3-4-22-5-7(9(15)16)21-11(19)12(20,10(17)18)6(2)8(13)14/h6-7,20H,3-5H2,1-2H3,(H,13,14)(H,15,16)(H,17,18). The van der Waals surface area contributed by atoms with Crippen LogP contribution in [0.2, 0.25) is 0 Å². The lowest BCUT2D eigenvalue weighted by molar-refractivity contribution is -0.195. The Morgan fingerprint density at radius 2 is 1.68 bits per heavy atom. The fourth-order valence-corrected chi connectivity index (χ4v) is 2.22. The Balaban J connectivity index is 5.19. The highest BCUT2D eigenvalue weighted by atomic mass is 32.2. The van der Waals surface area contributed by atoms with E-state index in [-0.39, 0.29) is 5.75 Å². The second-order valence-corrected chi connectivity index (χ2v) is 5.59. The lowest BCUT2D eigenvalue weighted by Crippen LogP contribution is -2.56. The number of carboxylic acids is 3. The highest BCUT2D eigenvalue weighted by molar-refractivity contribution is 7.99. The maximum absolute atomic E-state index is 11.8. The third kappa shape index (κ3) is 4.88.